The summed E-state index contributed by atoms with van der Waals surface area (Å²) in [6.07, 6.45) is 0.932. The first-order chi connectivity index (χ1) is 6.16. The van der Waals surface area contributed by atoms with Gasteiger partial charge in [-0.3, -0.25) is 9.63 Å². The zero-order valence-corrected chi connectivity index (χ0v) is 8.32. The lowest BCUT2D eigenvalue weighted by molar-refractivity contribution is -0.174. The van der Waals surface area contributed by atoms with E-state index in [1.165, 1.54) is 5.06 Å². The third kappa shape index (κ3) is 2.42. The average molecular weight is 186 g/mol. The van der Waals surface area contributed by atoms with Crippen molar-refractivity contribution in [3.05, 3.63) is 0 Å². The predicted octanol–water partition coefficient (Wildman–Crippen LogP) is 0.381. The van der Waals surface area contributed by atoms with Crippen LogP contribution in [0, 0.1) is 11.8 Å². The van der Waals surface area contributed by atoms with E-state index in [1.807, 2.05) is 13.8 Å². The Kier molecular flexibility index (Phi) is 3.69. The van der Waals surface area contributed by atoms with Gasteiger partial charge in [-0.1, -0.05) is 13.8 Å². The van der Waals surface area contributed by atoms with Gasteiger partial charge in [0.1, 0.15) is 0 Å². The molecule has 0 bridgehead atoms. The quantitative estimate of drug-likeness (QED) is 0.693. The number of rotatable bonds is 3. The fraction of sp³-hybridized carbons (Fsp3) is 0.889. The van der Waals surface area contributed by atoms with Crippen LogP contribution in [-0.4, -0.2) is 30.7 Å². The molecule has 0 aromatic carbocycles. The maximum absolute atomic E-state index is 11.7. The smallest absolute Gasteiger partial charge is 0.250 e. The second-order valence-electron chi connectivity index (χ2n) is 3.71. The van der Waals surface area contributed by atoms with Crippen molar-refractivity contribution in [1.82, 2.24) is 5.06 Å². The predicted molar refractivity (Wildman–Crippen MR) is 49.7 cm³/mol. The second-order valence-corrected chi connectivity index (χ2v) is 3.71. The Morgan fingerprint density at radius 3 is 2.69 bits per heavy atom. The molecule has 1 aliphatic rings. The normalized spacial score (nSPS) is 19.5. The van der Waals surface area contributed by atoms with Crippen LogP contribution in [-0.2, 0) is 9.63 Å². The molecule has 1 amide bonds. The van der Waals surface area contributed by atoms with Crippen molar-refractivity contribution < 1.29 is 9.63 Å². The number of amides is 1. The first-order valence-corrected chi connectivity index (χ1v) is 4.81. The number of nitrogens with two attached hydrogens (primary N) is 1. The first kappa shape index (κ1) is 10.5. The third-order valence-corrected chi connectivity index (χ3v) is 2.37. The molecule has 1 atom stereocenters. The monoisotopic (exact) mass is 186 g/mol. The van der Waals surface area contributed by atoms with Crippen LogP contribution in [0.3, 0.4) is 0 Å². The second kappa shape index (κ2) is 4.58. The summed E-state index contributed by atoms with van der Waals surface area (Å²) in [5.41, 5.74) is 5.54. The van der Waals surface area contributed by atoms with Gasteiger partial charge in [0.2, 0.25) is 0 Å². The third-order valence-electron chi connectivity index (χ3n) is 2.37. The van der Waals surface area contributed by atoms with Crippen molar-refractivity contribution in [3.8, 4) is 0 Å². The van der Waals surface area contributed by atoms with E-state index in [0.29, 0.717) is 19.7 Å². The number of carbonyl (C=O) groups is 1. The molecule has 1 heterocycles. The Balaban J connectivity index is 2.52. The van der Waals surface area contributed by atoms with Crippen LogP contribution in [0.4, 0.5) is 0 Å². The fourth-order valence-electron chi connectivity index (χ4n) is 1.46. The topological polar surface area (TPSA) is 55.6 Å². The summed E-state index contributed by atoms with van der Waals surface area (Å²) in [4.78, 5) is 16.9. The largest absolute Gasteiger partial charge is 0.330 e. The van der Waals surface area contributed by atoms with Crippen molar-refractivity contribution >= 4 is 5.91 Å². The molecule has 1 fully saturated rings. The molecule has 13 heavy (non-hydrogen) atoms. The van der Waals surface area contributed by atoms with E-state index in [4.69, 9.17) is 10.6 Å². The van der Waals surface area contributed by atoms with Crippen molar-refractivity contribution in [1.29, 1.82) is 0 Å². The first-order valence-electron chi connectivity index (χ1n) is 4.81. The molecule has 0 aromatic heterocycles. The van der Waals surface area contributed by atoms with Gasteiger partial charge >= 0.3 is 0 Å². The van der Waals surface area contributed by atoms with Crippen LogP contribution in [0.15, 0.2) is 0 Å². The highest BCUT2D eigenvalue weighted by Gasteiger charge is 2.28. The molecule has 1 unspecified atom stereocenters. The lowest BCUT2D eigenvalue weighted by Crippen LogP contribution is -2.39. The molecular formula is C9H18N2O2. The van der Waals surface area contributed by atoms with Crippen molar-refractivity contribution in [2.24, 2.45) is 17.6 Å². The zero-order chi connectivity index (χ0) is 9.84. The molecule has 0 aromatic rings. The minimum atomic E-state index is -0.0990. The Morgan fingerprint density at radius 1 is 1.62 bits per heavy atom. The molecule has 0 spiro atoms. The van der Waals surface area contributed by atoms with Gasteiger partial charge < -0.3 is 5.73 Å². The van der Waals surface area contributed by atoms with Gasteiger partial charge in [-0.25, -0.2) is 5.06 Å². The Morgan fingerprint density at radius 2 is 2.31 bits per heavy atom. The van der Waals surface area contributed by atoms with E-state index in [0.717, 1.165) is 6.42 Å². The molecule has 4 nitrogen and oxygen atoms in total. The molecule has 4 heteroatoms. The maximum atomic E-state index is 11.7. The number of hydrogen-bond donors (Lipinski definition) is 1. The SMILES string of the molecule is CC(C)C(CN)C(=O)N1CCCO1. The molecule has 1 aliphatic heterocycles. The van der Waals surface area contributed by atoms with Crippen LogP contribution < -0.4 is 5.73 Å². The Labute approximate surface area is 79.0 Å². The molecule has 0 radical (unpaired) electrons. The van der Waals surface area contributed by atoms with Crippen LogP contribution >= 0.6 is 0 Å². The molecule has 1 rings (SSSR count). The van der Waals surface area contributed by atoms with Gasteiger partial charge in [-0.2, -0.15) is 0 Å². The zero-order valence-electron chi connectivity index (χ0n) is 8.32. The van der Waals surface area contributed by atoms with Crippen molar-refractivity contribution in [2.45, 2.75) is 20.3 Å². The van der Waals surface area contributed by atoms with E-state index in [2.05, 4.69) is 0 Å². The minimum Gasteiger partial charge on any atom is -0.330 e. The summed E-state index contributed by atoms with van der Waals surface area (Å²) in [6, 6.07) is 0. The van der Waals surface area contributed by atoms with E-state index < -0.39 is 0 Å². The fourth-order valence-corrected chi connectivity index (χ4v) is 1.46. The maximum Gasteiger partial charge on any atom is 0.250 e. The van der Waals surface area contributed by atoms with Gasteiger partial charge in [-0.05, 0) is 12.3 Å². The number of hydroxylamine groups is 2. The standard InChI is InChI=1S/C9H18N2O2/c1-7(2)8(6-10)9(12)11-4-3-5-13-11/h7-8H,3-6,10H2,1-2H3. The highest BCUT2D eigenvalue weighted by atomic mass is 16.7. The lowest BCUT2D eigenvalue weighted by Gasteiger charge is -2.23. The highest BCUT2D eigenvalue weighted by Crippen LogP contribution is 2.16. The lowest BCUT2D eigenvalue weighted by atomic mass is 9.95. The van der Waals surface area contributed by atoms with Crippen LogP contribution in [0.25, 0.3) is 0 Å². The summed E-state index contributed by atoms with van der Waals surface area (Å²) in [7, 11) is 0. The van der Waals surface area contributed by atoms with E-state index in [9.17, 15) is 4.79 Å². The molecule has 76 valence electrons. The number of hydrogen-bond acceptors (Lipinski definition) is 3. The van der Waals surface area contributed by atoms with Crippen LogP contribution in [0.1, 0.15) is 20.3 Å². The van der Waals surface area contributed by atoms with Crippen molar-refractivity contribution in [2.75, 3.05) is 19.7 Å². The number of nitrogens with zero attached hydrogens (tertiary/aromatic N) is 1. The summed E-state index contributed by atoms with van der Waals surface area (Å²) in [5, 5.41) is 1.46. The average Bonchev–Trinajstić information content (AvgIpc) is 2.56. The van der Waals surface area contributed by atoms with E-state index in [-0.39, 0.29) is 17.7 Å². The van der Waals surface area contributed by atoms with Gasteiger partial charge in [0.25, 0.3) is 5.91 Å². The van der Waals surface area contributed by atoms with Gasteiger partial charge in [0.15, 0.2) is 0 Å². The summed E-state index contributed by atoms with van der Waals surface area (Å²) < 4.78 is 0. The molecule has 2 N–H and O–H groups in total. The summed E-state index contributed by atoms with van der Waals surface area (Å²) in [5.74, 6) is 0.217. The Hall–Kier alpha value is -0.610. The van der Waals surface area contributed by atoms with Crippen LogP contribution in [0.2, 0.25) is 0 Å². The van der Waals surface area contributed by atoms with Crippen LogP contribution in [0.5, 0.6) is 0 Å². The Bertz CT molecular complexity index is 176. The molecule has 0 aliphatic carbocycles. The minimum absolute atomic E-state index is 0.0370. The molecular weight excluding hydrogens is 168 g/mol. The van der Waals surface area contributed by atoms with E-state index >= 15 is 0 Å². The molecule has 0 saturated carbocycles. The van der Waals surface area contributed by atoms with Gasteiger partial charge in [-0.15, -0.1) is 0 Å². The van der Waals surface area contributed by atoms with E-state index in [1.54, 1.807) is 0 Å². The van der Waals surface area contributed by atoms with Gasteiger partial charge in [0, 0.05) is 6.54 Å². The highest BCUT2D eigenvalue weighted by molar-refractivity contribution is 5.78. The summed E-state index contributed by atoms with van der Waals surface area (Å²) in [6.45, 7) is 5.77. The molecule has 1 saturated heterocycles. The summed E-state index contributed by atoms with van der Waals surface area (Å²) >= 11 is 0. The van der Waals surface area contributed by atoms with Crippen molar-refractivity contribution in [3.63, 3.8) is 0 Å². The number of carbonyl (C=O) groups excluding carboxylic acids is 1. The van der Waals surface area contributed by atoms with Gasteiger partial charge in [0.05, 0.1) is 19.1 Å².